The van der Waals surface area contributed by atoms with Gasteiger partial charge in [-0.05, 0) is 59.0 Å². The summed E-state index contributed by atoms with van der Waals surface area (Å²) in [7, 11) is 0. The van der Waals surface area contributed by atoms with Crippen LogP contribution in [0.15, 0.2) is 103 Å². The molecule has 2 aliphatic rings. The second-order valence-corrected chi connectivity index (χ2v) is 12.0. The average Bonchev–Trinajstić information content (AvgIpc) is 3.12. The molecule has 0 saturated carbocycles. The number of alkyl halides is 3. The van der Waals surface area contributed by atoms with E-state index in [0.29, 0.717) is 32.7 Å². The fraction of sp³-hybridized carbons (Fsp3) is 0.289. The van der Waals surface area contributed by atoms with Crippen molar-refractivity contribution in [3.8, 4) is 0 Å². The van der Waals surface area contributed by atoms with Gasteiger partial charge < -0.3 is 19.4 Å². The number of anilines is 1. The number of hydrogen-bond donors (Lipinski definition) is 0. The van der Waals surface area contributed by atoms with E-state index in [9.17, 15) is 22.8 Å². The third-order valence-electron chi connectivity index (χ3n) is 8.83. The van der Waals surface area contributed by atoms with Gasteiger partial charge in [0.25, 0.3) is 0 Å². The van der Waals surface area contributed by atoms with Crippen LogP contribution in [0.2, 0.25) is 0 Å². The van der Waals surface area contributed by atoms with Crippen molar-refractivity contribution in [3.63, 3.8) is 0 Å². The highest BCUT2D eigenvalue weighted by Gasteiger charge is 2.34. The number of benzene rings is 3. The lowest BCUT2D eigenvalue weighted by atomic mass is 9.97. The van der Waals surface area contributed by atoms with Crippen molar-refractivity contribution in [1.82, 2.24) is 14.8 Å². The summed E-state index contributed by atoms with van der Waals surface area (Å²) in [6, 6.07) is 26.9. The number of nitrogens with zero attached hydrogens (tertiary/aromatic N) is 4. The third kappa shape index (κ3) is 8.12. The first kappa shape index (κ1) is 33.0. The summed E-state index contributed by atoms with van der Waals surface area (Å²) >= 11 is 0. The molecule has 1 atom stereocenters. The SMILES string of the molecule is O=C([C@H](Cc1ccccc1)N(Cc1ccc(N2CCOCC2)cc1)C(=O)C=Cc1ccc(C(F)(F)F)cn1)N1CCc2ccccc2C1. The standard InChI is InChI=1S/C38H37F3N4O3/c39-38(40,41)32-12-13-33(42-25-32)14-17-36(46)45(26-29-10-15-34(16-11-29)43-20-22-48-23-21-43)35(24-28-6-2-1-3-7-28)37(47)44-19-18-30-8-4-5-9-31(30)27-44/h1-17,25,35H,18-24,26-27H2/t35-/m0/s1. The highest BCUT2D eigenvalue weighted by atomic mass is 19.4. The molecule has 7 nitrogen and oxygen atoms in total. The monoisotopic (exact) mass is 654 g/mol. The molecule has 2 amide bonds. The van der Waals surface area contributed by atoms with E-state index >= 15 is 0 Å². The van der Waals surface area contributed by atoms with Gasteiger partial charge in [0.1, 0.15) is 6.04 Å². The highest BCUT2D eigenvalue weighted by Crippen LogP contribution is 2.29. The summed E-state index contributed by atoms with van der Waals surface area (Å²) in [4.78, 5) is 38.1. The topological polar surface area (TPSA) is 66.0 Å². The Morgan fingerprint density at radius 1 is 0.854 bits per heavy atom. The van der Waals surface area contributed by atoms with Crippen molar-refractivity contribution in [2.45, 2.75) is 38.1 Å². The van der Waals surface area contributed by atoms with Crippen LogP contribution in [0.4, 0.5) is 18.9 Å². The molecule has 2 aliphatic heterocycles. The number of carbonyl (C=O) groups is 2. The lowest BCUT2D eigenvalue weighted by Gasteiger charge is -2.37. The third-order valence-corrected chi connectivity index (χ3v) is 8.83. The molecule has 1 fully saturated rings. The second kappa shape index (κ2) is 14.9. The van der Waals surface area contributed by atoms with Gasteiger partial charge >= 0.3 is 6.18 Å². The molecule has 6 rings (SSSR count). The lowest BCUT2D eigenvalue weighted by Crippen LogP contribution is -2.52. The molecule has 1 saturated heterocycles. The predicted molar refractivity (Wildman–Crippen MR) is 178 cm³/mol. The molecule has 0 N–H and O–H groups in total. The largest absolute Gasteiger partial charge is 0.417 e. The van der Waals surface area contributed by atoms with E-state index < -0.39 is 23.7 Å². The molecule has 248 valence electrons. The minimum atomic E-state index is -4.51. The van der Waals surface area contributed by atoms with Crippen molar-refractivity contribution < 1.29 is 27.5 Å². The first-order chi connectivity index (χ1) is 23.2. The van der Waals surface area contributed by atoms with Crippen molar-refractivity contribution in [2.24, 2.45) is 0 Å². The second-order valence-electron chi connectivity index (χ2n) is 12.0. The summed E-state index contributed by atoms with van der Waals surface area (Å²) < 4.78 is 44.8. The number of pyridine rings is 1. The molecular weight excluding hydrogens is 617 g/mol. The Labute approximate surface area is 278 Å². The molecule has 0 radical (unpaired) electrons. The number of morpholine rings is 1. The van der Waals surface area contributed by atoms with Crippen molar-refractivity contribution in [3.05, 3.63) is 137 Å². The Bertz CT molecular complexity index is 1720. The molecule has 0 aliphatic carbocycles. The van der Waals surface area contributed by atoms with E-state index in [2.05, 4.69) is 16.0 Å². The number of amides is 2. The van der Waals surface area contributed by atoms with E-state index in [1.54, 1.807) is 4.90 Å². The Morgan fingerprint density at radius 3 is 2.25 bits per heavy atom. The van der Waals surface area contributed by atoms with Crippen LogP contribution in [0.1, 0.15) is 33.5 Å². The number of fused-ring (bicyclic) bond motifs is 1. The lowest BCUT2D eigenvalue weighted by molar-refractivity contribution is -0.144. The van der Waals surface area contributed by atoms with Crippen LogP contribution in [0, 0.1) is 0 Å². The summed E-state index contributed by atoms with van der Waals surface area (Å²) in [5.74, 6) is -0.603. The summed E-state index contributed by atoms with van der Waals surface area (Å²) in [5, 5.41) is 0. The minimum absolute atomic E-state index is 0.153. The smallest absolute Gasteiger partial charge is 0.378 e. The van der Waals surface area contributed by atoms with Crippen LogP contribution in [-0.2, 0) is 46.4 Å². The molecule has 48 heavy (non-hydrogen) atoms. The van der Waals surface area contributed by atoms with Gasteiger partial charge in [-0.2, -0.15) is 13.2 Å². The first-order valence-electron chi connectivity index (χ1n) is 16.1. The normalized spacial score (nSPS) is 15.6. The number of hydrogen-bond acceptors (Lipinski definition) is 5. The van der Waals surface area contributed by atoms with Gasteiger partial charge in [0.15, 0.2) is 0 Å². The van der Waals surface area contributed by atoms with Crippen LogP contribution in [-0.4, -0.2) is 65.5 Å². The van der Waals surface area contributed by atoms with Gasteiger partial charge in [-0.1, -0.05) is 66.7 Å². The number of ether oxygens (including phenoxy) is 1. The van der Waals surface area contributed by atoms with Gasteiger partial charge in [-0.15, -0.1) is 0 Å². The molecule has 10 heteroatoms. The van der Waals surface area contributed by atoms with Crippen LogP contribution >= 0.6 is 0 Å². The number of halogens is 3. The quantitative estimate of drug-likeness (QED) is 0.202. The first-order valence-corrected chi connectivity index (χ1v) is 16.1. The molecule has 3 aromatic carbocycles. The van der Waals surface area contributed by atoms with Crippen molar-refractivity contribution >= 4 is 23.6 Å². The van der Waals surface area contributed by atoms with Crippen molar-refractivity contribution in [2.75, 3.05) is 37.7 Å². The van der Waals surface area contributed by atoms with Crippen LogP contribution in [0.25, 0.3) is 6.08 Å². The zero-order chi connectivity index (χ0) is 33.5. The Hall–Kier alpha value is -4.96. The van der Waals surface area contributed by atoms with Gasteiger partial charge in [-0.25, -0.2) is 0 Å². The van der Waals surface area contributed by atoms with E-state index in [1.807, 2.05) is 77.7 Å². The minimum Gasteiger partial charge on any atom is -0.378 e. The van der Waals surface area contributed by atoms with Crippen molar-refractivity contribution in [1.29, 1.82) is 0 Å². The predicted octanol–water partition coefficient (Wildman–Crippen LogP) is 6.18. The molecule has 0 spiro atoms. The highest BCUT2D eigenvalue weighted by molar-refractivity contribution is 5.95. The van der Waals surface area contributed by atoms with Gasteiger partial charge in [0.2, 0.25) is 11.8 Å². The van der Waals surface area contributed by atoms with E-state index in [1.165, 1.54) is 23.8 Å². The number of carbonyl (C=O) groups excluding carboxylic acids is 2. The Morgan fingerprint density at radius 2 is 1.56 bits per heavy atom. The van der Waals surface area contributed by atoms with Gasteiger partial charge in [0.05, 0.1) is 24.5 Å². The van der Waals surface area contributed by atoms with E-state index in [-0.39, 0.29) is 18.1 Å². The molecule has 1 aromatic heterocycles. The van der Waals surface area contributed by atoms with E-state index in [0.717, 1.165) is 54.2 Å². The number of aromatic nitrogens is 1. The van der Waals surface area contributed by atoms with Crippen LogP contribution in [0.5, 0.6) is 0 Å². The maximum absolute atomic E-state index is 14.5. The Kier molecular flexibility index (Phi) is 10.2. The summed E-state index contributed by atoms with van der Waals surface area (Å²) in [5.41, 5.74) is 4.42. The average molecular weight is 655 g/mol. The molecule has 0 unspecified atom stereocenters. The zero-order valence-electron chi connectivity index (χ0n) is 26.5. The maximum atomic E-state index is 14.5. The van der Waals surface area contributed by atoms with E-state index in [4.69, 9.17) is 4.74 Å². The zero-order valence-corrected chi connectivity index (χ0v) is 26.5. The maximum Gasteiger partial charge on any atom is 0.417 e. The summed E-state index contributed by atoms with van der Waals surface area (Å²) in [6.07, 6.45) is -0.0854. The van der Waals surface area contributed by atoms with Gasteiger partial charge in [-0.3, -0.25) is 14.6 Å². The van der Waals surface area contributed by atoms with Crippen LogP contribution < -0.4 is 4.90 Å². The molecule has 4 aromatic rings. The van der Waals surface area contributed by atoms with Crippen LogP contribution in [0.3, 0.4) is 0 Å². The fourth-order valence-electron chi connectivity index (χ4n) is 6.16. The molecule has 0 bridgehead atoms. The number of rotatable bonds is 9. The Balaban J connectivity index is 1.32. The fourth-order valence-corrected chi connectivity index (χ4v) is 6.16. The summed E-state index contributed by atoms with van der Waals surface area (Å²) in [6.45, 7) is 4.03. The molecular formula is C38H37F3N4O3. The molecule has 3 heterocycles. The van der Waals surface area contributed by atoms with Gasteiger partial charge in [0, 0.05) is 57.1 Å².